The first-order valence-corrected chi connectivity index (χ1v) is 4.02. The van der Waals surface area contributed by atoms with E-state index in [4.69, 9.17) is 5.11 Å². The highest BCUT2D eigenvalue weighted by molar-refractivity contribution is 5.76. The summed E-state index contributed by atoms with van der Waals surface area (Å²) in [6, 6.07) is 0. The van der Waals surface area contributed by atoms with Crippen LogP contribution in [0.3, 0.4) is 0 Å². The molecule has 11 heavy (non-hydrogen) atoms. The maximum atomic E-state index is 10.6. The number of rotatable bonds is 5. The zero-order valence-electron chi connectivity index (χ0n) is 7.13. The molecule has 0 aromatic rings. The number of carbonyl (C=O) groups is 1. The number of hydrogen-bond donors (Lipinski definition) is 2. The normalized spacial score (nSPS) is 11.5. The Labute approximate surface area is 67.0 Å². The van der Waals surface area contributed by atoms with Gasteiger partial charge in [0, 0.05) is 0 Å². The Balaban J connectivity index is 4.13. The SMILES string of the molecule is CCCC(O)(CCC)C(=O)O. The van der Waals surface area contributed by atoms with Gasteiger partial charge in [0.05, 0.1) is 0 Å². The van der Waals surface area contributed by atoms with Crippen molar-refractivity contribution in [2.45, 2.75) is 45.1 Å². The lowest BCUT2D eigenvalue weighted by molar-refractivity contribution is -0.160. The highest BCUT2D eigenvalue weighted by atomic mass is 16.4. The average molecular weight is 160 g/mol. The maximum Gasteiger partial charge on any atom is 0.335 e. The topological polar surface area (TPSA) is 57.5 Å². The second kappa shape index (κ2) is 4.34. The van der Waals surface area contributed by atoms with E-state index >= 15 is 0 Å². The fraction of sp³-hybridized carbons (Fsp3) is 0.875. The minimum atomic E-state index is -1.48. The van der Waals surface area contributed by atoms with Crippen LogP contribution in [0.15, 0.2) is 0 Å². The first kappa shape index (κ1) is 10.4. The molecule has 0 heterocycles. The molecule has 0 aliphatic heterocycles. The molecule has 0 fully saturated rings. The lowest BCUT2D eigenvalue weighted by Gasteiger charge is -2.21. The lowest BCUT2D eigenvalue weighted by Crippen LogP contribution is -2.38. The average Bonchev–Trinajstić information content (AvgIpc) is 1.88. The van der Waals surface area contributed by atoms with E-state index < -0.39 is 11.6 Å². The first-order valence-electron chi connectivity index (χ1n) is 4.02. The third-order valence-corrected chi connectivity index (χ3v) is 1.73. The molecule has 0 unspecified atom stereocenters. The molecule has 0 saturated heterocycles. The van der Waals surface area contributed by atoms with Crippen LogP contribution in [0.5, 0.6) is 0 Å². The van der Waals surface area contributed by atoms with Gasteiger partial charge in [-0.3, -0.25) is 0 Å². The summed E-state index contributed by atoms with van der Waals surface area (Å²) in [6.07, 6.45) is 2.08. The van der Waals surface area contributed by atoms with Gasteiger partial charge in [-0.15, -0.1) is 0 Å². The molecule has 0 spiro atoms. The molecule has 0 radical (unpaired) electrons. The quantitative estimate of drug-likeness (QED) is 0.639. The van der Waals surface area contributed by atoms with Gasteiger partial charge in [-0.05, 0) is 12.8 Å². The zero-order chi connectivity index (χ0) is 8.91. The van der Waals surface area contributed by atoms with Crippen LogP contribution in [0.1, 0.15) is 39.5 Å². The predicted octanol–water partition coefficient (Wildman–Crippen LogP) is 1.40. The molecule has 0 aromatic heterocycles. The van der Waals surface area contributed by atoms with E-state index in [1.54, 1.807) is 0 Å². The highest BCUT2D eigenvalue weighted by Crippen LogP contribution is 2.19. The van der Waals surface area contributed by atoms with Crippen LogP contribution in [0.4, 0.5) is 0 Å². The van der Waals surface area contributed by atoms with Crippen LogP contribution in [0.2, 0.25) is 0 Å². The van der Waals surface area contributed by atoms with Gasteiger partial charge in [0.2, 0.25) is 0 Å². The molecular formula is C8H16O3. The number of hydrogen-bond acceptors (Lipinski definition) is 2. The van der Waals surface area contributed by atoms with Crippen molar-refractivity contribution >= 4 is 5.97 Å². The van der Waals surface area contributed by atoms with Crippen molar-refractivity contribution < 1.29 is 15.0 Å². The summed E-state index contributed by atoms with van der Waals surface area (Å²) in [5, 5.41) is 18.1. The molecule has 3 heteroatoms. The minimum absolute atomic E-state index is 0.343. The minimum Gasteiger partial charge on any atom is -0.479 e. The number of aliphatic hydroxyl groups is 1. The molecule has 66 valence electrons. The Morgan fingerprint density at radius 1 is 1.27 bits per heavy atom. The summed E-state index contributed by atoms with van der Waals surface area (Å²) in [4.78, 5) is 10.6. The Morgan fingerprint density at radius 3 is 1.82 bits per heavy atom. The maximum absolute atomic E-state index is 10.6. The van der Waals surface area contributed by atoms with Crippen LogP contribution in [0.25, 0.3) is 0 Å². The van der Waals surface area contributed by atoms with Crippen LogP contribution < -0.4 is 0 Å². The van der Waals surface area contributed by atoms with Crippen molar-refractivity contribution in [3.63, 3.8) is 0 Å². The van der Waals surface area contributed by atoms with Crippen LogP contribution in [0, 0.1) is 0 Å². The van der Waals surface area contributed by atoms with E-state index in [0.717, 1.165) is 0 Å². The molecule has 0 atom stereocenters. The van der Waals surface area contributed by atoms with Crippen molar-refractivity contribution in [2.75, 3.05) is 0 Å². The van der Waals surface area contributed by atoms with Crippen molar-refractivity contribution in [2.24, 2.45) is 0 Å². The van der Waals surface area contributed by atoms with E-state index in [9.17, 15) is 9.90 Å². The third-order valence-electron chi connectivity index (χ3n) is 1.73. The van der Waals surface area contributed by atoms with Crippen LogP contribution >= 0.6 is 0 Å². The Kier molecular flexibility index (Phi) is 4.11. The van der Waals surface area contributed by atoms with Gasteiger partial charge in [0.25, 0.3) is 0 Å². The van der Waals surface area contributed by atoms with E-state index in [1.165, 1.54) is 0 Å². The molecule has 0 aliphatic carbocycles. The molecule has 0 aromatic carbocycles. The standard InChI is InChI=1S/C8H16O3/c1-3-5-8(11,6-4-2)7(9)10/h11H,3-6H2,1-2H3,(H,9,10). The monoisotopic (exact) mass is 160 g/mol. The fourth-order valence-electron chi connectivity index (χ4n) is 1.17. The summed E-state index contributed by atoms with van der Waals surface area (Å²) in [5.41, 5.74) is -1.48. The molecule has 3 nitrogen and oxygen atoms in total. The fourth-order valence-corrected chi connectivity index (χ4v) is 1.17. The van der Waals surface area contributed by atoms with Crippen molar-refractivity contribution in [1.29, 1.82) is 0 Å². The number of aliphatic carboxylic acids is 1. The Bertz CT molecular complexity index is 125. The first-order chi connectivity index (χ1) is 5.06. The van der Waals surface area contributed by atoms with Gasteiger partial charge in [-0.1, -0.05) is 26.7 Å². The third kappa shape index (κ3) is 2.89. The Hall–Kier alpha value is -0.570. The summed E-state index contributed by atoms with van der Waals surface area (Å²) in [7, 11) is 0. The molecule has 0 amide bonds. The van der Waals surface area contributed by atoms with E-state index in [2.05, 4.69) is 0 Å². The molecular weight excluding hydrogens is 144 g/mol. The van der Waals surface area contributed by atoms with Crippen molar-refractivity contribution in [3.05, 3.63) is 0 Å². The molecule has 0 saturated carbocycles. The summed E-state index contributed by atoms with van der Waals surface area (Å²) in [6.45, 7) is 3.73. The predicted molar refractivity (Wildman–Crippen MR) is 42.4 cm³/mol. The molecule has 0 bridgehead atoms. The second-order valence-corrected chi connectivity index (χ2v) is 2.84. The van der Waals surface area contributed by atoms with Crippen molar-refractivity contribution in [1.82, 2.24) is 0 Å². The van der Waals surface area contributed by atoms with Crippen LogP contribution in [-0.4, -0.2) is 21.8 Å². The zero-order valence-corrected chi connectivity index (χ0v) is 7.13. The second-order valence-electron chi connectivity index (χ2n) is 2.84. The molecule has 0 aliphatic rings. The Morgan fingerprint density at radius 2 is 1.64 bits per heavy atom. The number of carboxylic acid groups (broad SMARTS) is 1. The van der Waals surface area contributed by atoms with Gasteiger partial charge >= 0.3 is 5.97 Å². The van der Waals surface area contributed by atoms with Gasteiger partial charge in [-0.2, -0.15) is 0 Å². The van der Waals surface area contributed by atoms with E-state index in [0.29, 0.717) is 25.7 Å². The number of carboxylic acids is 1. The van der Waals surface area contributed by atoms with Gasteiger partial charge in [0.15, 0.2) is 5.60 Å². The van der Waals surface area contributed by atoms with Gasteiger partial charge in [-0.25, -0.2) is 4.79 Å². The summed E-state index contributed by atoms with van der Waals surface area (Å²) in [5.74, 6) is -1.10. The van der Waals surface area contributed by atoms with Gasteiger partial charge < -0.3 is 10.2 Å². The smallest absolute Gasteiger partial charge is 0.335 e. The lowest BCUT2D eigenvalue weighted by atomic mass is 9.93. The van der Waals surface area contributed by atoms with E-state index in [-0.39, 0.29) is 0 Å². The molecule has 0 rings (SSSR count). The highest BCUT2D eigenvalue weighted by Gasteiger charge is 2.33. The largest absolute Gasteiger partial charge is 0.479 e. The summed E-state index contributed by atoms with van der Waals surface area (Å²) < 4.78 is 0. The van der Waals surface area contributed by atoms with E-state index in [1.807, 2.05) is 13.8 Å². The summed E-state index contributed by atoms with van der Waals surface area (Å²) >= 11 is 0. The van der Waals surface area contributed by atoms with Crippen molar-refractivity contribution in [3.8, 4) is 0 Å². The van der Waals surface area contributed by atoms with Gasteiger partial charge in [0.1, 0.15) is 0 Å². The molecule has 2 N–H and O–H groups in total. The van der Waals surface area contributed by atoms with Crippen LogP contribution in [-0.2, 0) is 4.79 Å².